The van der Waals surface area contributed by atoms with E-state index in [4.69, 9.17) is 5.11 Å². The number of unbranched alkanes of at least 4 members (excludes halogenated alkanes) is 1. The molecular formula is C13H18N2O4. The van der Waals surface area contributed by atoms with Crippen LogP contribution in [0, 0.1) is 0 Å². The highest BCUT2D eigenvalue weighted by Gasteiger charge is 2.21. The lowest BCUT2D eigenvalue weighted by Gasteiger charge is -2.13. The Morgan fingerprint density at radius 3 is 2.58 bits per heavy atom. The number of rotatable bonds is 7. The lowest BCUT2D eigenvalue weighted by Crippen LogP contribution is -2.40. The zero-order valence-electron chi connectivity index (χ0n) is 11.0. The lowest BCUT2D eigenvalue weighted by atomic mass is 10.1. The Morgan fingerprint density at radius 2 is 2.11 bits per heavy atom. The smallest absolute Gasteiger partial charge is 0.326 e. The molecule has 19 heavy (non-hydrogen) atoms. The molecule has 1 aromatic heterocycles. The van der Waals surface area contributed by atoms with Crippen LogP contribution in [0.3, 0.4) is 0 Å². The zero-order valence-corrected chi connectivity index (χ0v) is 11.0. The van der Waals surface area contributed by atoms with Gasteiger partial charge in [-0.25, -0.2) is 4.79 Å². The molecule has 1 atom stereocenters. The number of carboxylic acids is 1. The third kappa shape index (κ3) is 4.24. The van der Waals surface area contributed by atoms with Crippen molar-refractivity contribution in [2.45, 2.75) is 39.2 Å². The van der Waals surface area contributed by atoms with E-state index in [1.807, 2.05) is 6.92 Å². The monoisotopic (exact) mass is 266 g/mol. The number of amides is 1. The van der Waals surface area contributed by atoms with Crippen LogP contribution in [0.4, 0.5) is 0 Å². The molecule has 0 aliphatic heterocycles. The van der Waals surface area contributed by atoms with Gasteiger partial charge in [-0.15, -0.1) is 0 Å². The van der Waals surface area contributed by atoms with Crippen molar-refractivity contribution >= 4 is 17.7 Å². The van der Waals surface area contributed by atoms with Gasteiger partial charge < -0.3 is 15.4 Å². The number of carboxylic acid groups (broad SMARTS) is 1. The zero-order chi connectivity index (χ0) is 14.4. The van der Waals surface area contributed by atoms with E-state index >= 15 is 0 Å². The summed E-state index contributed by atoms with van der Waals surface area (Å²) >= 11 is 0. The fourth-order valence-electron chi connectivity index (χ4n) is 1.63. The van der Waals surface area contributed by atoms with Gasteiger partial charge in [0.1, 0.15) is 11.7 Å². The third-order valence-electron chi connectivity index (χ3n) is 2.78. The van der Waals surface area contributed by atoms with Crippen LogP contribution in [0.25, 0.3) is 0 Å². The summed E-state index contributed by atoms with van der Waals surface area (Å²) in [6, 6.07) is 0.507. The highest BCUT2D eigenvalue weighted by atomic mass is 16.4. The van der Waals surface area contributed by atoms with Crippen molar-refractivity contribution < 1.29 is 19.5 Å². The van der Waals surface area contributed by atoms with Gasteiger partial charge in [0.25, 0.3) is 5.91 Å². The van der Waals surface area contributed by atoms with Crippen molar-refractivity contribution in [1.29, 1.82) is 0 Å². The molecule has 0 bridgehead atoms. The minimum Gasteiger partial charge on any atom is -0.480 e. The first-order valence-electron chi connectivity index (χ1n) is 6.18. The normalized spacial score (nSPS) is 11.9. The fraction of sp³-hybridized carbons (Fsp3) is 0.462. The summed E-state index contributed by atoms with van der Waals surface area (Å²) in [5, 5.41) is 11.4. The number of ketones is 1. The van der Waals surface area contributed by atoms with Crippen LogP contribution in [0.1, 0.15) is 54.0 Å². The van der Waals surface area contributed by atoms with E-state index in [0.717, 1.165) is 12.8 Å². The van der Waals surface area contributed by atoms with E-state index in [2.05, 4.69) is 10.3 Å². The summed E-state index contributed by atoms with van der Waals surface area (Å²) in [4.78, 5) is 36.6. The van der Waals surface area contributed by atoms with Crippen LogP contribution in [0.5, 0.6) is 0 Å². The van der Waals surface area contributed by atoms with Crippen molar-refractivity contribution in [2.24, 2.45) is 0 Å². The van der Waals surface area contributed by atoms with E-state index in [1.54, 1.807) is 0 Å². The number of hydrogen-bond acceptors (Lipinski definition) is 3. The fourth-order valence-corrected chi connectivity index (χ4v) is 1.63. The van der Waals surface area contributed by atoms with Gasteiger partial charge in [-0.1, -0.05) is 19.8 Å². The van der Waals surface area contributed by atoms with Crippen molar-refractivity contribution in [3.05, 3.63) is 23.5 Å². The highest BCUT2D eigenvalue weighted by Crippen LogP contribution is 2.06. The first kappa shape index (κ1) is 14.9. The highest BCUT2D eigenvalue weighted by molar-refractivity contribution is 6.00. The van der Waals surface area contributed by atoms with Crippen molar-refractivity contribution in [2.75, 3.05) is 0 Å². The topological polar surface area (TPSA) is 99.3 Å². The summed E-state index contributed by atoms with van der Waals surface area (Å²) < 4.78 is 0. The average Bonchev–Trinajstić information content (AvgIpc) is 2.83. The Morgan fingerprint density at radius 1 is 1.42 bits per heavy atom. The molecule has 6 heteroatoms. The number of H-pyrrole nitrogens is 1. The molecule has 1 amide bonds. The van der Waals surface area contributed by atoms with Gasteiger partial charge in [-0.2, -0.15) is 0 Å². The second-order valence-corrected chi connectivity index (χ2v) is 4.36. The number of carbonyl (C=O) groups is 3. The molecule has 1 aromatic rings. The number of aliphatic carboxylic acids is 1. The van der Waals surface area contributed by atoms with Gasteiger partial charge in [-0.3, -0.25) is 9.59 Å². The van der Waals surface area contributed by atoms with E-state index in [1.165, 1.54) is 19.2 Å². The number of aromatic amines is 1. The molecule has 0 aliphatic rings. The Balaban J connectivity index is 2.70. The standard InChI is InChI=1S/C13H18N2O4/c1-3-4-5-10(13(18)19)15-12(17)11-6-9(7-14-11)8(2)16/h6-7,10,14H,3-5H2,1-2H3,(H,15,17)(H,18,19)/t10-/m0/s1. The number of carbonyl (C=O) groups excluding carboxylic acids is 2. The Labute approximate surface area is 111 Å². The number of aromatic nitrogens is 1. The minimum absolute atomic E-state index is 0.156. The third-order valence-corrected chi connectivity index (χ3v) is 2.78. The van der Waals surface area contributed by atoms with E-state index in [9.17, 15) is 14.4 Å². The van der Waals surface area contributed by atoms with E-state index in [0.29, 0.717) is 12.0 Å². The second kappa shape index (κ2) is 6.72. The van der Waals surface area contributed by atoms with Crippen LogP contribution < -0.4 is 5.32 Å². The summed E-state index contributed by atoms with van der Waals surface area (Å²) in [5.74, 6) is -1.73. The van der Waals surface area contributed by atoms with Gasteiger partial charge in [0.15, 0.2) is 5.78 Å². The summed E-state index contributed by atoms with van der Waals surface area (Å²) in [7, 11) is 0. The molecule has 104 valence electrons. The molecule has 1 rings (SSSR count). The molecule has 0 unspecified atom stereocenters. The van der Waals surface area contributed by atoms with Crippen LogP contribution in [0.2, 0.25) is 0 Å². The number of nitrogens with one attached hydrogen (secondary N) is 2. The molecule has 0 aliphatic carbocycles. The molecule has 0 saturated heterocycles. The predicted molar refractivity (Wildman–Crippen MR) is 69.2 cm³/mol. The SMILES string of the molecule is CCCC[C@H](NC(=O)c1cc(C(C)=O)c[nH]1)C(=O)O. The predicted octanol–water partition coefficient (Wildman–Crippen LogP) is 1.59. The van der Waals surface area contributed by atoms with Gasteiger partial charge in [0, 0.05) is 11.8 Å². The van der Waals surface area contributed by atoms with Crippen LogP contribution in [0.15, 0.2) is 12.3 Å². The molecule has 0 spiro atoms. The molecule has 0 radical (unpaired) electrons. The van der Waals surface area contributed by atoms with Crippen LogP contribution >= 0.6 is 0 Å². The molecule has 3 N–H and O–H groups in total. The van der Waals surface area contributed by atoms with Gasteiger partial charge in [0.05, 0.1) is 0 Å². The maximum atomic E-state index is 11.8. The maximum Gasteiger partial charge on any atom is 0.326 e. The first-order valence-corrected chi connectivity index (χ1v) is 6.18. The molecule has 0 fully saturated rings. The molecular weight excluding hydrogens is 248 g/mol. The summed E-state index contributed by atoms with van der Waals surface area (Å²) in [6.07, 6.45) is 3.40. The van der Waals surface area contributed by atoms with Crippen LogP contribution in [-0.2, 0) is 4.79 Å². The Hall–Kier alpha value is -2.11. The van der Waals surface area contributed by atoms with Crippen molar-refractivity contribution in [1.82, 2.24) is 10.3 Å². The summed E-state index contributed by atoms with van der Waals surface area (Å²) in [6.45, 7) is 3.34. The number of hydrogen-bond donors (Lipinski definition) is 3. The molecule has 0 saturated carbocycles. The minimum atomic E-state index is -1.06. The maximum absolute atomic E-state index is 11.8. The second-order valence-electron chi connectivity index (χ2n) is 4.36. The average molecular weight is 266 g/mol. The molecule has 1 heterocycles. The molecule has 6 nitrogen and oxygen atoms in total. The molecule has 0 aromatic carbocycles. The largest absolute Gasteiger partial charge is 0.480 e. The van der Waals surface area contributed by atoms with Gasteiger partial charge >= 0.3 is 5.97 Å². The summed E-state index contributed by atoms with van der Waals surface area (Å²) in [5.41, 5.74) is 0.582. The lowest BCUT2D eigenvalue weighted by molar-refractivity contribution is -0.139. The first-order chi connectivity index (χ1) is 8.95. The van der Waals surface area contributed by atoms with Crippen molar-refractivity contribution in [3.63, 3.8) is 0 Å². The van der Waals surface area contributed by atoms with Gasteiger partial charge in [-0.05, 0) is 19.4 Å². The Bertz CT molecular complexity index is 479. The van der Waals surface area contributed by atoms with Crippen LogP contribution in [-0.4, -0.2) is 33.8 Å². The van der Waals surface area contributed by atoms with E-state index in [-0.39, 0.29) is 11.5 Å². The number of Topliss-reactive ketones (excluding diaryl/α,β-unsaturated/α-hetero) is 1. The quantitative estimate of drug-likeness (QED) is 0.652. The van der Waals surface area contributed by atoms with Gasteiger partial charge in [0.2, 0.25) is 0 Å². The van der Waals surface area contributed by atoms with Crippen molar-refractivity contribution in [3.8, 4) is 0 Å². The van der Waals surface area contributed by atoms with E-state index < -0.39 is 17.9 Å². The Kier molecular flexibility index (Phi) is 5.29.